The van der Waals surface area contributed by atoms with Crippen LogP contribution in [0, 0.1) is 5.82 Å². The van der Waals surface area contributed by atoms with Gasteiger partial charge in [-0.1, -0.05) is 0 Å². The topological polar surface area (TPSA) is 84.2 Å². The first kappa shape index (κ1) is 22.7. The fourth-order valence-electron chi connectivity index (χ4n) is 4.96. The maximum Gasteiger partial charge on any atom is 0.228 e. The van der Waals surface area contributed by atoms with Crippen molar-refractivity contribution < 1.29 is 9.13 Å². The first-order valence-electron chi connectivity index (χ1n) is 12.2. The Balaban J connectivity index is 1.36. The molecule has 0 radical (unpaired) electrons. The molecule has 5 heterocycles. The van der Waals surface area contributed by atoms with Crippen LogP contribution in [0.5, 0.6) is 0 Å². The van der Waals surface area contributed by atoms with Crippen molar-refractivity contribution in [2.75, 3.05) is 41.4 Å². The summed E-state index contributed by atoms with van der Waals surface area (Å²) in [6.45, 7) is 7.53. The lowest BCUT2D eigenvalue weighted by Gasteiger charge is -2.38. The molecule has 0 saturated carbocycles. The van der Waals surface area contributed by atoms with Gasteiger partial charge in [-0.15, -0.1) is 0 Å². The molecular formula is C26H29FN8O. The van der Waals surface area contributed by atoms with Crippen LogP contribution in [0.2, 0.25) is 0 Å². The smallest absolute Gasteiger partial charge is 0.228 e. The fourth-order valence-corrected chi connectivity index (χ4v) is 4.96. The fraction of sp³-hybridized carbons (Fsp3) is 0.385. The normalized spacial score (nSPS) is 17.3. The molecule has 1 saturated heterocycles. The van der Waals surface area contributed by atoms with Crippen LogP contribution in [0.15, 0.2) is 42.7 Å². The lowest BCUT2D eigenvalue weighted by molar-refractivity contribution is -0.0281. The number of nitrogens with one attached hydrogen (secondary N) is 1. The zero-order chi connectivity index (χ0) is 24.9. The molecule has 0 unspecified atom stereocenters. The minimum Gasteiger partial charge on any atom is -0.372 e. The second-order valence-corrected chi connectivity index (χ2v) is 10.0. The van der Waals surface area contributed by atoms with Gasteiger partial charge in [0.05, 0.1) is 35.8 Å². The molecule has 6 rings (SSSR count). The Hall–Kier alpha value is -3.79. The van der Waals surface area contributed by atoms with E-state index in [4.69, 9.17) is 19.7 Å². The van der Waals surface area contributed by atoms with Crippen LogP contribution in [-0.4, -0.2) is 56.6 Å². The summed E-state index contributed by atoms with van der Waals surface area (Å²) in [4.78, 5) is 18.9. The quantitative estimate of drug-likeness (QED) is 0.464. The molecule has 0 atom stereocenters. The third-order valence-electron chi connectivity index (χ3n) is 6.77. The number of hydrogen-bond donors (Lipinski definition) is 1. The second kappa shape index (κ2) is 8.70. The summed E-state index contributed by atoms with van der Waals surface area (Å²) in [6.07, 6.45) is 4.39. The lowest BCUT2D eigenvalue weighted by Crippen LogP contribution is -2.49. The molecule has 0 bridgehead atoms. The van der Waals surface area contributed by atoms with Crippen LogP contribution in [-0.2, 0) is 24.8 Å². The number of morpholine rings is 1. The zero-order valence-electron chi connectivity index (χ0n) is 20.7. The molecule has 9 nitrogen and oxygen atoms in total. The van der Waals surface area contributed by atoms with Gasteiger partial charge in [0, 0.05) is 56.8 Å². The van der Waals surface area contributed by atoms with E-state index in [2.05, 4.69) is 40.1 Å². The molecular weight excluding hydrogens is 459 g/mol. The van der Waals surface area contributed by atoms with Crippen LogP contribution in [0.1, 0.15) is 25.1 Å². The Morgan fingerprint density at radius 1 is 1.08 bits per heavy atom. The maximum atomic E-state index is 14.3. The van der Waals surface area contributed by atoms with E-state index >= 15 is 0 Å². The highest BCUT2D eigenvalue weighted by Crippen LogP contribution is 2.32. The van der Waals surface area contributed by atoms with Gasteiger partial charge in [-0.25, -0.2) is 9.37 Å². The van der Waals surface area contributed by atoms with Crippen molar-refractivity contribution in [2.45, 2.75) is 32.4 Å². The Morgan fingerprint density at radius 2 is 1.97 bits per heavy atom. The van der Waals surface area contributed by atoms with Crippen LogP contribution in [0.4, 0.5) is 27.7 Å². The molecule has 3 aromatic heterocycles. The minimum absolute atomic E-state index is 0.285. The van der Waals surface area contributed by atoms with E-state index in [9.17, 15) is 4.39 Å². The summed E-state index contributed by atoms with van der Waals surface area (Å²) in [5.74, 6) is 1.99. The molecule has 1 N–H and O–H groups in total. The van der Waals surface area contributed by atoms with Gasteiger partial charge in [0.15, 0.2) is 0 Å². The second-order valence-electron chi connectivity index (χ2n) is 10.0. The number of rotatable bonds is 4. The molecule has 36 heavy (non-hydrogen) atoms. The summed E-state index contributed by atoms with van der Waals surface area (Å²) in [5.41, 5.74) is 3.53. The summed E-state index contributed by atoms with van der Waals surface area (Å²) >= 11 is 0. The van der Waals surface area contributed by atoms with E-state index < -0.39 is 0 Å². The first-order valence-corrected chi connectivity index (χ1v) is 12.2. The van der Waals surface area contributed by atoms with Gasteiger partial charge < -0.3 is 19.9 Å². The van der Waals surface area contributed by atoms with Gasteiger partial charge in [-0.2, -0.15) is 10.1 Å². The first-order chi connectivity index (χ1) is 17.3. The molecule has 1 fully saturated rings. The number of hydrogen-bond acceptors (Lipinski definition) is 8. The van der Waals surface area contributed by atoms with Gasteiger partial charge in [-0.05, 0) is 43.7 Å². The van der Waals surface area contributed by atoms with Crippen molar-refractivity contribution in [2.24, 2.45) is 7.05 Å². The van der Waals surface area contributed by atoms with Crippen molar-refractivity contribution in [3.05, 3.63) is 59.8 Å². The number of aryl methyl sites for hydroxylation is 1. The predicted molar refractivity (Wildman–Crippen MR) is 137 cm³/mol. The van der Waals surface area contributed by atoms with Crippen LogP contribution >= 0.6 is 0 Å². The van der Waals surface area contributed by atoms with Crippen LogP contribution < -0.4 is 15.1 Å². The van der Waals surface area contributed by atoms with E-state index in [0.717, 1.165) is 47.1 Å². The number of aromatic nitrogens is 5. The molecule has 4 aromatic rings. The van der Waals surface area contributed by atoms with Gasteiger partial charge in [-0.3, -0.25) is 9.67 Å². The highest BCUT2D eigenvalue weighted by atomic mass is 19.1. The summed E-state index contributed by atoms with van der Waals surface area (Å²) in [5, 5.41) is 8.31. The highest BCUT2D eigenvalue weighted by Gasteiger charge is 2.30. The Kier molecular flexibility index (Phi) is 5.48. The predicted octanol–water partition coefficient (Wildman–Crippen LogP) is 3.82. The Morgan fingerprint density at radius 3 is 2.78 bits per heavy atom. The third kappa shape index (κ3) is 4.32. The number of ether oxygens (including phenoxy) is 1. The molecule has 10 heteroatoms. The Bertz CT molecular complexity index is 1430. The van der Waals surface area contributed by atoms with Crippen molar-refractivity contribution in [3.8, 4) is 0 Å². The van der Waals surface area contributed by atoms with E-state index in [1.807, 2.05) is 19.3 Å². The van der Waals surface area contributed by atoms with Gasteiger partial charge in [0.25, 0.3) is 0 Å². The number of anilines is 4. The molecule has 2 aliphatic rings. The summed E-state index contributed by atoms with van der Waals surface area (Å²) < 4.78 is 22.0. The van der Waals surface area contributed by atoms with Gasteiger partial charge >= 0.3 is 0 Å². The molecule has 186 valence electrons. The SMILES string of the molecule is Cn1nccc1Nc1cnc2c(c1)CN(c1nc(N3CCOC(C)(C)C3)nc3ccc(F)cc13)CC2. The van der Waals surface area contributed by atoms with Gasteiger partial charge in [0.1, 0.15) is 17.5 Å². The standard InChI is InChI=1S/C26H29FN8O/c1-26(2)16-35(10-11-36-26)25-31-22-5-4-18(27)13-20(22)24(32-25)34-9-7-21-17(15-34)12-19(14-28-21)30-23-6-8-29-33(23)3/h4-6,8,12-14,30H,7,9-11,15-16H2,1-3H3. The van der Waals surface area contributed by atoms with Gasteiger partial charge in [0.2, 0.25) is 5.95 Å². The van der Waals surface area contributed by atoms with E-state index in [1.54, 1.807) is 16.9 Å². The van der Waals surface area contributed by atoms with Crippen molar-refractivity contribution in [1.82, 2.24) is 24.7 Å². The Labute approximate surface area is 208 Å². The summed E-state index contributed by atoms with van der Waals surface area (Å²) in [6, 6.07) is 8.77. The average Bonchev–Trinajstić information content (AvgIpc) is 3.26. The van der Waals surface area contributed by atoms with E-state index in [0.29, 0.717) is 37.6 Å². The molecule has 2 aliphatic heterocycles. The summed E-state index contributed by atoms with van der Waals surface area (Å²) in [7, 11) is 1.89. The van der Waals surface area contributed by atoms with Crippen molar-refractivity contribution in [3.63, 3.8) is 0 Å². The van der Waals surface area contributed by atoms with Crippen molar-refractivity contribution in [1.29, 1.82) is 0 Å². The van der Waals surface area contributed by atoms with E-state index in [-0.39, 0.29) is 11.4 Å². The molecule has 0 aliphatic carbocycles. The average molecular weight is 489 g/mol. The largest absolute Gasteiger partial charge is 0.372 e. The van der Waals surface area contributed by atoms with Crippen LogP contribution in [0.25, 0.3) is 10.9 Å². The molecule has 0 amide bonds. The maximum absolute atomic E-state index is 14.3. The highest BCUT2D eigenvalue weighted by molar-refractivity contribution is 5.91. The number of fused-ring (bicyclic) bond motifs is 2. The molecule has 1 aromatic carbocycles. The molecule has 0 spiro atoms. The van der Waals surface area contributed by atoms with Crippen LogP contribution in [0.3, 0.4) is 0 Å². The lowest BCUT2D eigenvalue weighted by atomic mass is 10.0. The van der Waals surface area contributed by atoms with Crippen molar-refractivity contribution >= 4 is 34.2 Å². The third-order valence-corrected chi connectivity index (χ3v) is 6.77. The number of benzene rings is 1. The zero-order valence-corrected chi connectivity index (χ0v) is 20.7. The number of pyridine rings is 1. The van der Waals surface area contributed by atoms with E-state index in [1.165, 1.54) is 12.1 Å². The minimum atomic E-state index is -0.297. The number of nitrogens with zero attached hydrogens (tertiary/aromatic N) is 7. The number of halogens is 1. The monoisotopic (exact) mass is 488 g/mol.